The number of phenolic OH excluding ortho intramolecular Hbond substituents is 15. The van der Waals surface area contributed by atoms with Crippen LogP contribution in [0.4, 0.5) is 0 Å². The summed E-state index contributed by atoms with van der Waals surface area (Å²) >= 11 is 0. The SMILES string of the molecule is CC(C)(C)c1cccc2c(O)c(O)c(O)c([SiH2]O)c12.CC(C)(C)c1cccc2c(O)c(O)c([SiH2]O)c(O)c12.CC(C)(C)c1cccc2c(O)c([SiH2]O)c(O)c(O)c12.CC(C)(C)c1cccc2c([SiH2]O)c(O)c(O)c(O)c12.CC(C)(C)c1cccc2cc(O)c(O)c(O)c12. The number of fused-ring (bicyclic) bond motifs is 5. The van der Waals surface area contributed by atoms with Crippen molar-refractivity contribution >= 4 is 114 Å². The van der Waals surface area contributed by atoms with Crippen LogP contribution in [0.2, 0.25) is 0 Å². The predicted molar refractivity (Wildman–Crippen MR) is 380 cm³/mol. The minimum atomic E-state index is -1.80. The highest BCUT2D eigenvalue weighted by Gasteiger charge is 2.30. The highest BCUT2D eigenvalue weighted by molar-refractivity contribution is 6.53. The summed E-state index contributed by atoms with van der Waals surface area (Å²) in [5.74, 6) is -5.26. The second-order valence-electron chi connectivity index (χ2n) is 27.9. The lowest BCUT2D eigenvalue weighted by Gasteiger charge is -2.23. The van der Waals surface area contributed by atoms with Gasteiger partial charge in [0.15, 0.2) is 96.5 Å². The summed E-state index contributed by atoms with van der Waals surface area (Å²) in [5, 5.41) is 155. The Kier molecular flexibility index (Phi) is 21.6. The molecular weight excluding hydrogens is 1260 g/mol. The van der Waals surface area contributed by atoms with E-state index in [-0.39, 0.29) is 83.4 Å². The minimum Gasteiger partial charge on any atom is -0.507 e. The van der Waals surface area contributed by atoms with E-state index in [1.54, 1.807) is 48.5 Å². The molecule has 498 valence electrons. The van der Waals surface area contributed by atoms with Crippen LogP contribution in [-0.4, -0.2) is 135 Å². The molecule has 0 bridgehead atoms. The molecule has 0 spiro atoms. The Morgan fingerprint density at radius 3 is 0.914 bits per heavy atom. The first-order chi connectivity index (χ1) is 43.0. The van der Waals surface area contributed by atoms with Crippen LogP contribution in [0.3, 0.4) is 0 Å². The summed E-state index contributed by atoms with van der Waals surface area (Å²) in [5.41, 5.74) is 3.36. The lowest BCUT2D eigenvalue weighted by Crippen LogP contribution is -2.21. The Hall–Kier alpha value is -8.79. The van der Waals surface area contributed by atoms with Crippen LogP contribution in [0.5, 0.6) is 86.2 Å². The second kappa shape index (κ2) is 27.4. The van der Waals surface area contributed by atoms with Gasteiger partial charge in [-0.25, -0.2) is 0 Å². The Labute approximate surface area is 548 Å². The molecule has 0 unspecified atom stereocenters. The van der Waals surface area contributed by atoms with E-state index in [0.29, 0.717) is 64.2 Å². The Bertz CT molecular complexity index is 4450. The van der Waals surface area contributed by atoms with E-state index >= 15 is 0 Å². The van der Waals surface area contributed by atoms with E-state index in [4.69, 9.17) is 0 Å². The maximum atomic E-state index is 10.3. The van der Waals surface area contributed by atoms with Gasteiger partial charge in [-0.3, -0.25) is 0 Å². The average Bonchev–Trinajstić information content (AvgIpc) is 0.790. The number of hydrogen-bond acceptors (Lipinski definition) is 19. The monoisotopic (exact) mass is 1340 g/mol. The van der Waals surface area contributed by atoms with Gasteiger partial charge in [0.25, 0.3) is 0 Å². The predicted octanol–water partition coefficient (Wildman–Crippen LogP) is 7.08. The molecule has 93 heavy (non-hydrogen) atoms. The number of benzene rings is 10. The van der Waals surface area contributed by atoms with Gasteiger partial charge in [0.2, 0.25) is 17.2 Å². The van der Waals surface area contributed by atoms with Gasteiger partial charge in [-0.2, -0.15) is 0 Å². The summed E-state index contributed by atoms with van der Waals surface area (Å²) in [4.78, 5) is 37.8. The van der Waals surface area contributed by atoms with E-state index in [1.165, 1.54) is 6.07 Å². The molecule has 0 aliphatic rings. The third-order valence-corrected chi connectivity index (χ3v) is 20.2. The largest absolute Gasteiger partial charge is 0.507 e. The second-order valence-corrected chi connectivity index (χ2v) is 32.0. The summed E-state index contributed by atoms with van der Waals surface area (Å²) in [6, 6.07) is 28.5. The van der Waals surface area contributed by atoms with Crippen molar-refractivity contribution in [1.82, 2.24) is 0 Å². The number of aromatic hydroxyl groups is 15. The van der Waals surface area contributed by atoms with Crippen molar-refractivity contribution in [3.05, 3.63) is 125 Å². The van der Waals surface area contributed by atoms with E-state index in [1.807, 2.05) is 146 Å². The van der Waals surface area contributed by atoms with Crippen LogP contribution < -0.4 is 20.7 Å². The lowest BCUT2D eigenvalue weighted by atomic mass is 9.83. The van der Waals surface area contributed by atoms with E-state index in [0.717, 1.165) is 27.8 Å². The molecule has 10 aromatic rings. The topological polar surface area (TPSA) is 384 Å². The lowest BCUT2D eigenvalue weighted by molar-refractivity contribution is 0.371. The summed E-state index contributed by atoms with van der Waals surface area (Å²) in [6.07, 6.45) is 0. The van der Waals surface area contributed by atoms with Crippen molar-refractivity contribution in [3.63, 3.8) is 0 Å². The van der Waals surface area contributed by atoms with Crippen molar-refractivity contribution in [2.75, 3.05) is 0 Å². The quantitative estimate of drug-likeness (QED) is 0.0475. The smallest absolute Gasteiger partial charge is 0.200 e. The first-order valence-electron chi connectivity index (χ1n) is 29.8. The van der Waals surface area contributed by atoms with Crippen molar-refractivity contribution in [2.24, 2.45) is 0 Å². The molecule has 19 N–H and O–H groups in total. The third-order valence-electron chi connectivity index (χ3n) is 16.2. The molecule has 10 rings (SSSR count). The van der Waals surface area contributed by atoms with Crippen molar-refractivity contribution in [2.45, 2.75) is 131 Å². The molecule has 23 heteroatoms. The van der Waals surface area contributed by atoms with Gasteiger partial charge in [-0.05, 0) is 77.1 Å². The maximum absolute atomic E-state index is 10.3. The Morgan fingerprint density at radius 2 is 0.495 bits per heavy atom. The van der Waals surface area contributed by atoms with E-state index in [9.17, 15) is 95.8 Å². The van der Waals surface area contributed by atoms with Crippen LogP contribution in [0, 0.1) is 0 Å². The van der Waals surface area contributed by atoms with Crippen LogP contribution in [0.1, 0.15) is 132 Å². The molecule has 0 fully saturated rings. The number of hydrogen-bond donors (Lipinski definition) is 19. The average molecular weight is 1350 g/mol. The molecule has 0 heterocycles. The van der Waals surface area contributed by atoms with Gasteiger partial charge in [0.1, 0.15) is 11.5 Å². The van der Waals surface area contributed by atoms with Gasteiger partial charge in [0, 0.05) is 58.5 Å². The fraction of sp³-hybridized carbons (Fsp3) is 0.286. The first kappa shape index (κ1) is 73.3. The maximum Gasteiger partial charge on any atom is 0.200 e. The Balaban J connectivity index is 0.000000185. The molecule has 0 aromatic heterocycles. The molecule has 0 atom stereocenters. The van der Waals surface area contributed by atoms with Crippen LogP contribution in [0.25, 0.3) is 53.9 Å². The molecule has 10 aromatic carbocycles. The highest BCUT2D eigenvalue weighted by Crippen LogP contribution is 2.49. The van der Waals surface area contributed by atoms with Gasteiger partial charge < -0.3 is 95.8 Å². The zero-order valence-electron chi connectivity index (χ0n) is 55.1. The van der Waals surface area contributed by atoms with Crippen LogP contribution in [0.15, 0.2) is 97.1 Å². The van der Waals surface area contributed by atoms with E-state index in [2.05, 4.69) is 0 Å². The van der Waals surface area contributed by atoms with Crippen LogP contribution >= 0.6 is 0 Å². The number of rotatable bonds is 4. The molecule has 0 aliphatic heterocycles. The van der Waals surface area contributed by atoms with Crippen molar-refractivity contribution in [3.8, 4) is 86.2 Å². The summed E-state index contributed by atoms with van der Waals surface area (Å²) in [7, 11) is -6.95. The summed E-state index contributed by atoms with van der Waals surface area (Å²) < 4.78 is 0. The first-order valence-corrected chi connectivity index (χ1v) is 35.2. The zero-order chi connectivity index (χ0) is 70.3. The molecule has 0 amide bonds. The Morgan fingerprint density at radius 1 is 0.226 bits per heavy atom. The van der Waals surface area contributed by atoms with E-state index < -0.39 is 79.3 Å². The minimum absolute atomic E-state index is 0.0797. The van der Waals surface area contributed by atoms with Crippen molar-refractivity contribution < 1.29 is 95.8 Å². The summed E-state index contributed by atoms with van der Waals surface area (Å²) in [6.45, 7) is 30.1. The normalized spacial score (nSPS) is 12.5. The third kappa shape index (κ3) is 14.4. The van der Waals surface area contributed by atoms with Gasteiger partial charge in [-0.15, -0.1) is 0 Å². The number of phenols is 15. The molecular formula is C70H88O19Si4. The molecule has 0 saturated heterocycles. The molecule has 0 radical (unpaired) electrons. The fourth-order valence-corrected chi connectivity index (χ4v) is 14.3. The van der Waals surface area contributed by atoms with Gasteiger partial charge in [-0.1, -0.05) is 195 Å². The highest BCUT2D eigenvalue weighted by atomic mass is 28.2. The fourth-order valence-electron chi connectivity index (χ4n) is 11.4. The van der Waals surface area contributed by atoms with Gasteiger partial charge >= 0.3 is 0 Å². The molecule has 0 saturated carbocycles. The zero-order valence-corrected chi connectivity index (χ0v) is 60.7. The molecule has 19 nitrogen and oxygen atoms in total. The van der Waals surface area contributed by atoms with Gasteiger partial charge in [0.05, 0.1) is 0 Å². The standard InChI is InChI=1S/4C14H18O4Si.C14H16O3/c1-14(2,3)8-6-4-5-7-9(8)10(15)11(16)12(17)13(7)19-18;1-14(2,3)8-6-4-5-7-9(8)13(19-18)12(17)11(16)10(7)15;1-14(2,3)8-6-4-5-7-9(8)11(16)12(17)13(19-18)10(7)15;1-14(2,3)8-6-4-5-7-9(8)11(16)13(19-18)12(17)10(7)15;1-14(2,3)9-6-4-5-8-7-10(15)12(16)13(17)11(8)9/h4*4-6,15-18H,19H2,1-3H3;4-7,15-17H,1-3H3. The van der Waals surface area contributed by atoms with Crippen LogP contribution in [-0.2, 0) is 27.1 Å². The molecule has 0 aliphatic carbocycles. The van der Waals surface area contributed by atoms with Crippen molar-refractivity contribution in [1.29, 1.82) is 0 Å².